The average molecular weight is 313 g/mol. The Morgan fingerprint density at radius 3 is 2.68 bits per heavy atom. The average Bonchev–Trinajstić information content (AvgIpc) is 2.93. The summed E-state index contributed by atoms with van der Waals surface area (Å²) in [5.41, 5.74) is 3.37. The molecule has 4 nitrogen and oxygen atoms in total. The second-order valence-corrected chi connectivity index (χ2v) is 6.28. The van der Waals surface area contributed by atoms with Crippen molar-refractivity contribution in [1.82, 2.24) is 0 Å². The van der Waals surface area contributed by atoms with Crippen LogP contribution in [0.1, 0.15) is 39.2 Å². The number of methoxy groups -OCH3 is 1. The first-order valence-corrected chi connectivity index (χ1v) is 7.93. The standard InChI is InChI=1S/C17H15NO3S/c1-21-17(20)13-7-6-10(8-14(13)19)16-12-5-3-2-4-11(12)15(9-18)22-16/h6-8,19H,2-5H2,1H3. The van der Waals surface area contributed by atoms with Gasteiger partial charge >= 0.3 is 5.97 Å². The minimum absolute atomic E-state index is 0.0965. The van der Waals surface area contributed by atoms with Crippen LogP contribution in [0.15, 0.2) is 18.2 Å². The number of thiophene rings is 1. The smallest absolute Gasteiger partial charge is 0.341 e. The summed E-state index contributed by atoms with van der Waals surface area (Å²) in [6.07, 6.45) is 4.14. The van der Waals surface area contributed by atoms with E-state index in [2.05, 4.69) is 10.8 Å². The lowest BCUT2D eigenvalue weighted by Crippen LogP contribution is -2.02. The van der Waals surface area contributed by atoms with Crippen molar-refractivity contribution in [2.24, 2.45) is 0 Å². The van der Waals surface area contributed by atoms with Crippen molar-refractivity contribution in [3.05, 3.63) is 39.8 Å². The number of nitrogens with zero attached hydrogens (tertiary/aromatic N) is 1. The van der Waals surface area contributed by atoms with Crippen LogP contribution < -0.4 is 0 Å². The normalized spacial score (nSPS) is 13.3. The van der Waals surface area contributed by atoms with Gasteiger partial charge in [-0.1, -0.05) is 6.07 Å². The molecule has 1 heterocycles. The van der Waals surface area contributed by atoms with E-state index < -0.39 is 5.97 Å². The molecule has 0 bridgehead atoms. The number of carbonyl (C=O) groups is 1. The fourth-order valence-electron chi connectivity index (χ4n) is 2.91. The van der Waals surface area contributed by atoms with Crippen molar-refractivity contribution < 1.29 is 14.6 Å². The molecule has 5 heteroatoms. The van der Waals surface area contributed by atoms with E-state index in [-0.39, 0.29) is 11.3 Å². The third-order valence-electron chi connectivity index (χ3n) is 3.99. The molecule has 0 fully saturated rings. The third-order valence-corrected chi connectivity index (χ3v) is 5.21. The Labute approximate surface area is 132 Å². The first kappa shape index (κ1) is 14.6. The molecule has 0 unspecified atom stereocenters. The maximum Gasteiger partial charge on any atom is 0.341 e. The van der Waals surface area contributed by atoms with Gasteiger partial charge in [-0.05, 0) is 54.5 Å². The summed E-state index contributed by atoms with van der Waals surface area (Å²) in [5, 5.41) is 19.4. The van der Waals surface area contributed by atoms with Gasteiger partial charge < -0.3 is 9.84 Å². The van der Waals surface area contributed by atoms with Gasteiger partial charge in [-0.2, -0.15) is 5.26 Å². The van der Waals surface area contributed by atoms with E-state index in [9.17, 15) is 15.2 Å². The SMILES string of the molecule is COC(=O)c1ccc(-c2sc(C#N)c3c2CCCC3)cc1O. The summed E-state index contributed by atoms with van der Waals surface area (Å²) in [6, 6.07) is 7.22. The molecule has 1 N–H and O–H groups in total. The summed E-state index contributed by atoms with van der Waals surface area (Å²) in [6.45, 7) is 0. The highest BCUT2D eigenvalue weighted by Gasteiger charge is 2.22. The Kier molecular flexibility index (Phi) is 3.86. The van der Waals surface area contributed by atoms with Crippen molar-refractivity contribution in [3.63, 3.8) is 0 Å². The van der Waals surface area contributed by atoms with E-state index in [1.54, 1.807) is 18.2 Å². The predicted octanol–water partition coefficient (Wildman–Crippen LogP) is 3.66. The Morgan fingerprint density at radius 1 is 1.32 bits per heavy atom. The van der Waals surface area contributed by atoms with Crippen molar-refractivity contribution in [2.45, 2.75) is 25.7 Å². The minimum atomic E-state index is -0.560. The number of aromatic hydroxyl groups is 1. The van der Waals surface area contributed by atoms with Gasteiger partial charge in [0.15, 0.2) is 0 Å². The number of hydrogen-bond acceptors (Lipinski definition) is 5. The molecule has 2 aromatic rings. The van der Waals surface area contributed by atoms with E-state index in [1.807, 2.05) is 0 Å². The van der Waals surface area contributed by atoms with Crippen LogP contribution in [0.5, 0.6) is 5.75 Å². The molecule has 0 spiro atoms. The monoisotopic (exact) mass is 313 g/mol. The van der Waals surface area contributed by atoms with Gasteiger partial charge in [-0.15, -0.1) is 11.3 Å². The Hall–Kier alpha value is -2.32. The van der Waals surface area contributed by atoms with E-state index in [4.69, 9.17) is 0 Å². The molecule has 0 atom stereocenters. The van der Waals surface area contributed by atoms with Crippen LogP contribution in [0.25, 0.3) is 10.4 Å². The molecule has 112 valence electrons. The van der Waals surface area contributed by atoms with Gasteiger partial charge in [0.25, 0.3) is 0 Å². The molecular formula is C17H15NO3S. The lowest BCUT2D eigenvalue weighted by atomic mass is 9.90. The van der Waals surface area contributed by atoms with Gasteiger partial charge in [0, 0.05) is 4.88 Å². The number of ether oxygens (including phenoxy) is 1. The molecule has 0 radical (unpaired) electrons. The number of rotatable bonds is 2. The Morgan fingerprint density at radius 2 is 2.05 bits per heavy atom. The lowest BCUT2D eigenvalue weighted by Gasteiger charge is -2.13. The second-order valence-electron chi connectivity index (χ2n) is 5.26. The summed E-state index contributed by atoms with van der Waals surface area (Å²) in [4.78, 5) is 13.3. The molecule has 0 amide bonds. The number of hydrogen-bond donors (Lipinski definition) is 1. The van der Waals surface area contributed by atoms with Crippen LogP contribution in [0, 0.1) is 11.3 Å². The van der Waals surface area contributed by atoms with Gasteiger partial charge in [0.05, 0.1) is 7.11 Å². The number of carbonyl (C=O) groups excluding carboxylic acids is 1. The predicted molar refractivity (Wildman–Crippen MR) is 84.1 cm³/mol. The van der Waals surface area contributed by atoms with Crippen LogP contribution in [0.2, 0.25) is 0 Å². The fourth-order valence-corrected chi connectivity index (χ4v) is 4.10. The number of phenols is 1. The fraction of sp³-hybridized carbons (Fsp3) is 0.294. The van der Waals surface area contributed by atoms with Crippen LogP contribution in [0.4, 0.5) is 0 Å². The number of benzene rings is 1. The number of phenolic OH excluding ortho intramolecular Hbond substituents is 1. The Balaban J connectivity index is 2.09. The highest BCUT2D eigenvalue weighted by atomic mass is 32.1. The minimum Gasteiger partial charge on any atom is -0.507 e. The zero-order chi connectivity index (χ0) is 15.7. The quantitative estimate of drug-likeness (QED) is 0.859. The largest absolute Gasteiger partial charge is 0.507 e. The zero-order valence-corrected chi connectivity index (χ0v) is 13.0. The highest BCUT2D eigenvalue weighted by molar-refractivity contribution is 7.16. The molecule has 1 aromatic carbocycles. The Bertz CT molecular complexity index is 786. The molecule has 22 heavy (non-hydrogen) atoms. The summed E-state index contributed by atoms with van der Waals surface area (Å²) >= 11 is 1.47. The van der Waals surface area contributed by atoms with Crippen molar-refractivity contribution in [3.8, 4) is 22.3 Å². The topological polar surface area (TPSA) is 70.3 Å². The van der Waals surface area contributed by atoms with Gasteiger partial charge in [-0.25, -0.2) is 4.79 Å². The molecular weight excluding hydrogens is 298 g/mol. The second kappa shape index (κ2) is 5.82. The lowest BCUT2D eigenvalue weighted by molar-refractivity contribution is 0.0597. The first-order valence-electron chi connectivity index (χ1n) is 7.12. The highest BCUT2D eigenvalue weighted by Crippen LogP contribution is 2.41. The summed E-state index contributed by atoms with van der Waals surface area (Å²) in [7, 11) is 1.28. The number of nitriles is 1. The van der Waals surface area contributed by atoms with Crippen LogP contribution in [-0.2, 0) is 17.6 Å². The van der Waals surface area contributed by atoms with Crippen LogP contribution >= 0.6 is 11.3 Å². The first-order chi connectivity index (χ1) is 10.7. The zero-order valence-electron chi connectivity index (χ0n) is 12.2. The number of esters is 1. The van der Waals surface area contributed by atoms with E-state index >= 15 is 0 Å². The van der Waals surface area contributed by atoms with Crippen LogP contribution in [0.3, 0.4) is 0 Å². The van der Waals surface area contributed by atoms with E-state index in [1.165, 1.54) is 24.0 Å². The molecule has 0 aliphatic heterocycles. The van der Waals surface area contributed by atoms with Gasteiger partial charge in [0.1, 0.15) is 22.3 Å². The number of fused-ring (bicyclic) bond motifs is 1. The summed E-state index contributed by atoms with van der Waals surface area (Å²) < 4.78 is 4.64. The molecule has 0 saturated carbocycles. The third kappa shape index (κ3) is 2.36. The van der Waals surface area contributed by atoms with Crippen molar-refractivity contribution in [1.29, 1.82) is 5.26 Å². The molecule has 0 saturated heterocycles. The van der Waals surface area contributed by atoms with E-state index in [0.29, 0.717) is 0 Å². The van der Waals surface area contributed by atoms with Crippen molar-refractivity contribution in [2.75, 3.05) is 7.11 Å². The molecule has 3 rings (SSSR count). The van der Waals surface area contributed by atoms with Crippen molar-refractivity contribution >= 4 is 17.3 Å². The van der Waals surface area contributed by atoms with Gasteiger partial charge in [0.2, 0.25) is 0 Å². The van der Waals surface area contributed by atoms with E-state index in [0.717, 1.165) is 46.6 Å². The van der Waals surface area contributed by atoms with Gasteiger partial charge in [-0.3, -0.25) is 0 Å². The van der Waals surface area contributed by atoms with Crippen LogP contribution in [-0.4, -0.2) is 18.2 Å². The molecule has 1 aliphatic carbocycles. The maximum atomic E-state index is 11.5. The maximum absolute atomic E-state index is 11.5. The molecule has 1 aliphatic rings. The summed E-state index contributed by atoms with van der Waals surface area (Å²) in [5.74, 6) is -0.657. The molecule has 1 aromatic heterocycles.